The molecule has 0 unspecified atom stereocenters. The van der Waals surface area contributed by atoms with Crippen LogP contribution in [-0.2, 0) is 0 Å². The summed E-state index contributed by atoms with van der Waals surface area (Å²) in [5.74, 6) is 0.826. The van der Waals surface area contributed by atoms with Crippen molar-refractivity contribution in [2.75, 3.05) is 18.0 Å². The normalized spacial score (nSPS) is 10.6. The Labute approximate surface area is 115 Å². The largest absolute Gasteiger partial charge is 0.355 e. The smallest absolute Gasteiger partial charge is 0.225 e. The molecule has 94 valence electrons. The Kier molecular flexibility index (Phi) is 4.00. The van der Waals surface area contributed by atoms with Crippen molar-refractivity contribution in [1.29, 1.82) is 5.26 Å². The van der Waals surface area contributed by atoms with Crippen molar-refractivity contribution >= 4 is 39.0 Å². The van der Waals surface area contributed by atoms with Gasteiger partial charge in [0, 0.05) is 18.0 Å². The number of aryl methyl sites for hydroxylation is 1. The molecule has 0 aliphatic carbocycles. The molecular weight excluding hydrogens is 268 g/mol. The minimum atomic E-state index is 0.259. The lowest BCUT2D eigenvalue weighted by Gasteiger charge is -2.21. The molecule has 0 saturated heterocycles. The van der Waals surface area contributed by atoms with Gasteiger partial charge in [-0.3, -0.25) is 0 Å². The molecule has 0 atom stereocenters. The number of hydrogen-bond acceptors (Lipinski definition) is 5. The molecule has 2 aromatic rings. The second-order valence-electron chi connectivity index (χ2n) is 3.88. The molecular formula is C12H13ClN4S. The van der Waals surface area contributed by atoms with E-state index in [2.05, 4.69) is 27.0 Å². The van der Waals surface area contributed by atoms with E-state index in [9.17, 15) is 0 Å². The molecule has 18 heavy (non-hydrogen) atoms. The summed E-state index contributed by atoms with van der Waals surface area (Å²) in [5.41, 5.74) is 0. The van der Waals surface area contributed by atoms with Gasteiger partial charge in [0.15, 0.2) is 0 Å². The monoisotopic (exact) mass is 280 g/mol. The first-order valence-electron chi connectivity index (χ1n) is 5.71. The Morgan fingerprint density at radius 3 is 2.94 bits per heavy atom. The average Bonchev–Trinajstić information content (AvgIpc) is 2.70. The first-order valence-corrected chi connectivity index (χ1v) is 6.90. The van der Waals surface area contributed by atoms with E-state index in [1.54, 1.807) is 11.3 Å². The molecule has 2 heterocycles. The van der Waals surface area contributed by atoms with Crippen molar-refractivity contribution < 1.29 is 0 Å². The van der Waals surface area contributed by atoms with Gasteiger partial charge >= 0.3 is 0 Å². The summed E-state index contributed by atoms with van der Waals surface area (Å²) in [6, 6.07) is 4.22. The molecule has 2 aromatic heterocycles. The minimum absolute atomic E-state index is 0.259. The van der Waals surface area contributed by atoms with Gasteiger partial charge in [-0.05, 0) is 31.5 Å². The summed E-state index contributed by atoms with van der Waals surface area (Å²) >= 11 is 7.57. The minimum Gasteiger partial charge on any atom is -0.355 e. The third-order valence-corrected chi connectivity index (χ3v) is 3.76. The maximum atomic E-state index is 8.70. The number of nitrogens with zero attached hydrogens (tertiary/aromatic N) is 4. The Hall–Kier alpha value is -1.38. The molecule has 4 nitrogen and oxygen atoms in total. The van der Waals surface area contributed by atoms with Gasteiger partial charge in [0.05, 0.1) is 17.9 Å². The number of hydrogen-bond donors (Lipinski definition) is 0. The third kappa shape index (κ3) is 2.55. The fourth-order valence-electron chi connectivity index (χ4n) is 1.84. The van der Waals surface area contributed by atoms with Crippen molar-refractivity contribution in [3.05, 3.63) is 16.2 Å². The molecule has 0 radical (unpaired) electrons. The van der Waals surface area contributed by atoms with E-state index in [0.717, 1.165) is 22.6 Å². The zero-order valence-electron chi connectivity index (χ0n) is 10.3. The van der Waals surface area contributed by atoms with Crippen LogP contribution in [0.3, 0.4) is 0 Å². The van der Waals surface area contributed by atoms with Crippen LogP contribution in [0.5, 0.6) is 0 Å². The van der Waals surface area contributed by atoms with Gasteiger partial charge in [0.25, 0.3) is 0 Å². The zero-order valence-corrected chi connectivity index (χ0v) is 11.8. The lowest BCUT2D eigenvalue weighted by atomic mass is 10.3. The molecule has 0 aliphatic rings. The van der Waals surface area contributed by atoms with Gasteiger partial charge in [0.1, 0.15) is 10.6 Å². The second-order valence-corrected chi connectivity index (χ2v) is 5.45. The van der Waals surface area contributed by atoms with Crippen LogP contribution in [0.25, 0.3) is 10.2 Å². The van der Waals surface area contributed by atoms with Crippen LogP contribution < -0.4 is 4.90 Å². The van der Waals surface area contributed by atoms with Crippen LogP contribution in [0.2, 0.25) is 5.28 Å². The number of fused-ring (bicyclic) bond motifs is 1. The van der Waals surface area contributed by atoms with Crippen LogP contribution in [0, 0.1) is 18.3 Å². The van der Waals surface area contributed by atoms with Crippen LogP contribution in [0.1, 0.15) is 18.2 Å². The maximum absolute atomic E-state index is 8.70. The molecule has 0 amide bonds. The molecule has 0 N–H and O–H groups in total. The molecule has 0 aliphatic heterocycles. The molecule has 0 saturated carbocycles. The van der Waals surface area contributed by atoms with Gasteiger partial charge in [-0.15, -0.1) is 11.3 Å². The Bertz CT molecular complexity index is 602. The highest BCUT2D eigenvalue weighted by Crippen LogP contribution is 2.31. The van der Waals surface area contributed by atoms with Crippen LogP contribution >= 0.6 is 22.9 Å². The van der Waals surface area contributed by atoms with Crippen LogP contribution in [-0.4, -0.2) is 23.1 Å². The number of rotatable bonds is 4. The quantitative estimate of drug-likeness (QED) is 0.806. The zero-order chi connectivity index (χ0) is 13.1. The van der Waals surface area contributed by atoms with Crippen molar-refractivity contribution in [2.24, 2.45) is 0 Å². The topological polar surface area (TPSA) is 52.8 Å². The standard InChI is InChI=1S/C12H13ClN4S/c1-3-17(6-4-5-14)10-9-7-8(2)18-11(9)16-12(13)15-10/h7H,3-4,6H2,1-2H3. The maximum Gasteiger partial charge on any atom is 0.225 e. The third-order valence-electron chi connectivity index (χ3n) is 2.64. The summed E-state index contributed by atoms with van der Waals surface area (Å²) in [6.07, 6.45) is 0.472. The molecule has 6 heteroatoms. The van der Waals surface area contributed by atoms with Crippen LogP contribution in [0.4, 0.5) is 5.82 Å². The number of anilines is 1. The highest BCUT2D eigenvalue weighted by Gasteiger charge is 2.14. The van der Waals surface area contributed by atoms with Gasteiger partial charge < -0.3 is 4.90 Å². The van der Waals surface area contributed by atoms with Crippen LogP contribution in [0.15, 0.2) is 6.07 Å². The van der Waals surface area contributed by atoms with Gasteiger partial charge in [-0.2, -0.15) is 10.2 Å². The summed E-state index contributed by atoms with van der Waals surface area (Å²) in [6.45, 7) is 5.53. The van der Waals surface area contributed by atoms with E-state index in [1.165, 1.54) is 4.88 Å². The number of halogens is 1. The summed E-state index contributed by atoms with van der Waals surface area (Å²) < 4.78 is 0. The summed E-state index contributed by atoms with van der Waals surface area (Å²) in [4.78, 5) is 12.7. The van der Waals surface area contributed by atoms with Crippen molar-refractivity contribution in [2.45, 2.75) is 20.3 Å². The van der Waals surface area contributed by atoms with Gasteiger partial charge in [-0.1, -0.05) is 0 Å². The summed E-state index contributed by atoms with van der Waals surface area (Å²) in [7, 11) is 0. The lowest BCUT2D eigenvalue weighted by Crippen LogP contribution is -2.25. The molecule has 0 fully saturated rings. The number of aromatic nitrogens is 2. The Morgan fingerprint density at radius 1 is 1.50 bits per heavy atom. The van der Waals surface area contributed by atoms with Gasteiger partial charge in [0.2, 0.25) is 5.28 Å². The number of nitriles is 1. The van der Waals surface area contributed by atoms with E-state index in [4.69, 9.17) is 16.9 Å². The van der Waals surface area contributed by atoms with E-state index in [0.29, 0.717) is 13.0 Å². The fourth-order valence-corrected chi connectivity index (χ4v) is 2.93. The molecule has 0 bridgehead atoms. The first kappa shape index (κ1) is 13.1. The van der Waals surface area contributed by atoms with Gasteiger partial charge in [-0.25, -0.2) is 4.98 Å². The second kappa shape index (κ2) is 5.51. The Balaban J connectivity index is 2.50. The average molecular weight is 281 g/mol. The number of thiophene rings is 1. The van der Waals surface area contributed by atoms with Crippen molar-refractivity contribution in [3.8, 4) is 6.07 Å². The van der Waals surface area contributed by atoms with E-state index < -0.39 is 0 Å². The van der Waals surface area contributed by atoms with E-state index in [-0.39, 0.29) is 5.28 Å². The van der Waals surface area contributed by atoms with Crippen molar-refractivity contribution in [3.63, 3.8) is 0 Å². The first-order chi connectivity index (χ1) is 8.65. The fraction of sp³-hybridized carbons (Fsp3) is 0.417. The molecule has 2 rings (SSSR count). The predicted octanol–water partition coefficient (Wildman–Crippen LogP) is 3.39. The highest BCUT2D eigenvalue weighted by molar-refractivity contribution is 7.18. The lowest BCUT2D eigenvalue weighted by molar-refractivity contribution is 0.814. The van der Waals surface area contributed by atoms with E-state index >= 15 is 0 Å². The molecule has 0 aromatic carbocycles. The summed E-state index contributed by atoms with van der Waals surface area (Å²) in [5, 5.41) is 9.97. The molecule has 0 spiro atoms. The SMILES string of the molecule is CCN(CCC#N)c1nc(Cl)nc2sc(C)cc12. The highest BCUT2D eigenvalue weighted by atomic mass is 35.5. The Morgan fingerprint density at radius 2 is 2.28 bits per heavy atom. The van der Waals surface area contributed by atoms with E-state index in [1.807, 2.05) is 13.8 Å². The predicted molar refractivity (Wildman–Crippen MR) is 75.3 cm³/mol. The van der Waals surface area contributed by atoms with Crippen molar-refractivity contribution in [1.82, 2.24) is 9.97 Å².